The number of benzene rings is 1. The Morgan fingerprint density at radius 1 is 1.22 bits per heavy atom. The van der Waals surface area contributed by atoms with Gasteiger partial charge in [-0.3, -0.25) is 9.78 Å². The molecule has 1 aromatic heterocycles. The zero-order valence-electron chi connectivity index (χ0n) is 13.2. The van der Waals surface area contributed by atoms with Crippen LogP contribution < -0.4 is 4.74 Å². The highest BCUT2D eigenvalue weighted by Crippen LogP contribution is 2.27. The number of unbranched alkanes of at least 4 members (excludes halogenated alkanes) is 1. The van der Waals surface area contributed by atoms with E-state index in [1.807, 2.05) is 6.07 Å². The summed E-state index contributed by atoms with van der Waals surface area (Å²) < 4.78 is 10.2. The Morgan fingerprint density at radius 3 is 2.78 bits per heavy atom. The number of allylic oxidation sites excluding steroid dienone is 1. The van der Waals surface area contributed by atoms with Crippen LogP contribution in [-0.2, 0) is 9.53 Å². The second kappa shape index (κ2) is 8.08. The SMILES string of the molecule is CCCCOc1ccc(C(=O)/C=C/C(=O)OC)c2cccnc12. The Bertz CT molecular complexity index is 737. The molecule has 0 radical (unpaired) electrons. The summed E-state index contributed by atoms with van der Waals surface area (Å²) in [5.41, 5.74) is 1.11. The molecule has 2 rings (SSSR count). The Hall–Kier alpha value is -2.69. The lowest BCUT2D eigenvalue weighted by Crippen LogP contribution is -2.02. The summed E-state index contributed by atoms with van der Waals surface area (Å²) in [5.74, 6) is -0.198. The molecule has 5 heteroatoms. The first-order valence-corrected chi connectivity index (χ1v) is 7.48. The average molecular weight is 313 g/mol. The van der Waals surface area contributed by atoms with Gasteiger partial charge in [-0.1, -0.05) is 19.4 Å². The molecule has 0 fully saturated rings. The number of pyridine rings is 1. The van der Waals surface area contributed by atoms with E-state index in [9.17, 15) is 9.59 Å². The first-order chi connectivity index (χ1) is 11.2. The minimum atomic E-state index is -0.569. The number of esters is 1. The van der Waals surface area contributed by atoms with Crippen LogP contribution in [0.4, 0.5) is 0 Å². The molecule has 0 aliphatic rings. The largest absolute Gasteiger partial charge is 0.491 e. The summed E-state index contributed by atoms with van der Waals surface area (Å²) in [5, 5.41) is 0.695. The molecular weight excluding hydrogens is 294 g/mol. The molecule has 0 saturated carbocycles. The third-order valence-electron chi connectivity index (χ3n) is 3.33. The van der Waals surface area contributed by atoms with Crippen LogP contribution >= 0.6 is 0 Å². The van der Waals surface area contributed by atoms with Crippen molar-refractivity contribution in [2.24, 2.45) is 0 Å². The molecule has 0 aliphatic carbocycles. The van der Waals surface area contributed by atoms with Gasteiger partial charge in [0, 0.05) is 23.2 Å². The van der Waals surface area contributed by atoms with E-state index in [1.165, 1.54) is 13.2 Å². The quantitative estimate of drug-likeness (QED) is 0.339. The normalized spacial score (nSPS) is 10.9. The third-order valence-corrected chi connectivity index (χ3v) is 3.33. The Balaban J connectivity index is 2.35. The molecule has 0 amide bonds. The Kier molecular flexibility index (Phi) is 5.86. The molecular formula is C18H19NO4. The highest BCUT2D eigenvalue weighted by Gasteiger charge is 2.12. The van der Waals surface area contributed by atoms with Crippen molar-refractivity contribution in [3.8, 4) is 5.75 Å². The fourth-order valence-electron chi connectivity index (χ4n) is 2.11. The molecule has 0 bridgehead atoms. The van der Waals surface area contributed by atoms with Gasteiger partial charge in [0.1, 0.15) is 11.3 Å². The number of hydrogen-bond donors (Lipinski definition) is 0. The molecule has 0 spiro atoms. The van der Waals surface area contributed by atoms with Crippen molar-refractivity contribution in [2.45, 2.75) is 19.8 Å². The topological polar surface area (TPSA) is 65.5 Å². The number of carbonyl (C=O) groups excluding carboxylic acids is 2. The maximum absolute atomic E-state index is 12.3. The molecule has 0 unspecified atom stereocenters. The van der Waals surface area contributed by atoms with Crippen molar-refractivity contribution in [3.63, 3.8) is 0 Å². The van der Waals surface area contributed by atoms with Gasteiger partial charge >= 0.3 is 5.97 Å². The smallest absolute Gasteiger partial charge is 0.330 e. The van der Waals surface area contributed by atoms with Crippen LogP contribution in [-0.4, -0.2) is 30.5 Å². The molecule has 2 aromatic rings. The number of carbonyl (C=O) groups is 2. The number of aromatic nitrogens is 1. The molecule has 120 valence electrons. The van der Waals surface area contributed by atoms with E-state index in [0.29, 0.717) is 28.8 Å². The summed E-state index contributed by atoms with van der Waals surface area (Å²) in [6, 6.07) is 7.01. The van der Waals surface area contributed by atoms with E-state index in [2.05, 4.69) is 16.6 Å². The van der Waals surface area contributed by atoms with Gasteiger partial charge in [0.2, 0.25) is 0 Å². The van der Waals surface area contributed by atoms with Crippen LogP contribution in [0.15, 0.2) is 42.6 Å². The Morgan fingerprint density at radius 2 is 2.04 bits per heavy atom. The van der Waals surface area contributed by atoms with Crippen LogP contribution in [0.3, 0.4) is 0 Å². The fraction of sp³-hybridized carbons (Fsp3) is 0.278. The van der Waals surface area contributed by atoms with E-state index in [1.54, 1.807) is 24.4 Å². The second-order valence-electron chi connectivity index (χ2n) is 4.93. The van der Waals surface area contributed by atoms with Crippen LogP contribution in [0.1, 0.15) is 30.1 Å². The number of hydrogen-bond acceptors (Lipinski definition) is 5. The van der Waals surface area contributed by atoms with Crippen molar-refractivity contribution >= 4 is 22.7 Å². The van der Waals surface area contributed by atoms with Gasteiger partial charge in [0.25, 0.3) is 0 Å². The van der Waals surface area contributed by atoms with Gasteiger partial charge in [-0.2, -0.15) is 0 Å². The van der Waals surface area contributed by atoms with Gasteiger partial charge in [0.15, 0.2) is 5.78 Å². The van der Waals surface area contributed by atoms with Crippen LogP contribution in [0.2, 0.25) is 0 Å². The summed E-state index contributed by atoms with van der Waals surface area (Å²) in [7, 11) is 1.26. The molecule has 0 N–H and O–H groups in total. The fourth-order valence-corrected chi connectivity index (χ4v) is 2.11. The minimum Gasteiger partial charge on any atom is -0.491 e. The van der Waals surface area contributed by atoms with Gasteiger partial charge < -0.3 is 9.47 Å². The zero-order chi connectivity index (χ0) is 16.7. The molecule has 1 aromatic carbocycles. The summed E-state index contributed by atoms with van der Waals surface area (Å²) in [6.45, 7) is 2.70. The van der Waals surface area contributed by atoms with Crippen molar-refractivity contribution < 1.29 is 19.1 Å². The summed E-state index contributed by atoms with van der Waals surface area (Å²) in [4.78, 5) is 27.7. The van der Waals surface area contributed by atoms with Gasteiger partial charge in [-0.15, -0.1) is 0 Å². The lowest BCUT2D eigenvalue weighted by molar-refractivity contribution is -0.134. The van der Waals surface area contributed by atoms with Crippen LogP contribution in [0.25, 0.3) is 10.9 Å². The van der Waals surface area contributed by atoms with Gasteiger partial charge in [0.05, 0.1) is 13.7 Å². The molecule has 0 aliphatic heterocycles. The predicted molar refractivity (Wildman–Crippen MR) is 87.6 cm³/mol. The van der Waals surface area contributed by atoms with Crippen molar-refractivity contribution in [1.82, 2.24) is 4.98 Å². The number of methoxy groups -OCH3 is 1. The first-order valence-electron chi connectivity index (χ1n) is 7.48. The van der Waals surface area contributed by atoms with E-state index in [0.717, 1.165) is 18.9 Å². The molecule has 0 atom stereocenters. The maximum Gasteiger partial charge on any atom is 0.330 e. The molecule has 0 saturated heterocycles. The van der Waals surface area contributed by atoms with Gasteiger partial charge in [-0.05, 0) is 30.7 Å². The van der Waals surface area contributed by atoms with Crippen molar-refractivity contribution in [3.05, 3.63) is 48.2 Å². The standard InChI is InChI=1S/C18H19NO4/c1-3-4-12-23-16-9-7-13(14-6-5-11-19-18(14)16)15(20)8-10-17(21)22-2/h5-11H,3-4,12H2,1-2H3/b10-8+. The summed E-state index contributed by atoms with van der Waals surface area (Å²) >= 11 is 0. The maximum atomic E-state index is 12.3. The van der Waals surface area contributed by atoms with E-state index in [4.69, 9.17) is 4.74 Å². The van der Waals surface area contributed by atoms with E-state index < -0.39 is 5.97 Å². The van der Waals surface area contributed by atoms with E-state index in [-0.39, 0.29) is 5.78 Å². The number of ether oxygens (including phenoxy) is 2. The summed E-state index contributed by atoms with van der Waals surface area (Å²) in [6.07, 6.45) is 5.96. The Labute approximate surface area is 134 Å². The second-order valence-corrected chi connectivity index (χ2v) is 4.93. The van der Waals surface area contributed by atoms with Crippen LogP contribution in [0.5, 0.6) is 5.75 Å². The van der Waals surface area contributed by atoms with Crippen LogP contribution in [0, 0.1) is 0 Å². The monoisotopic (exact) mass is 313 g/mol. The number of fused-ring (bicyclic) bond motifs is 1. The minimum absolute atomic E-state index is 0.284. The first kappa shape index (κ1) is 16.7. The number of ketones is 1. The van der Waals surface area contributed by atoms with Crippen molar-refractivity contribution in [1.29, 1.82) is 0 Å². The lowest BCUT2D eigenvalue weighted by Gasteiger charge is -2.10. The average Bonchev–Trinajstić information content (AvgIpc) is 2.59. The molecule has 5 nitrogen and oxygen atoms in total. The number of rotatable bonds is 7. The highest BCUT2D eigenvalue weighted by atomic mass is 16.5. The highest BCUT2D eigenvalue weighted by molar-refractivity contribution is 6.14. The van der Waals surface area contributed by atoms with Gasteiger partial charge in [-0.25, -0.2) is 4.79 Å². The van der Waals surface area contributed by atoms with E-state index >= 15 is 0 Å². The molecule has 1 heterocycles. The predicted octanol–water partition coefficient (Wildman–Crippen LogP) is 3.33. The third kappa shape index (κ3) is 4.16. The number of nitrogens with zero attached hydrogens (tertiary/aromatic N) is 1. The zero-order valence-corrected chi connectivity index (χ0v) is 13.2. The van der Waals surface area contributed by atoms with Crippen molar-refractivity contribution in [2.75, 3.05) is 13.7 Å². The lowest BCUT2D eigenvalue weighted by atomic mass is 10.0. The molecule has 23 heavy (non-hydrogen) atoms.